The first-order valence-electron chi connectivity index (χ1n) is 11.6. The maximum absolute atomic E-state index is 12.6. The minimum atomic E-state index is -0.0167. The Hall–Kier alpha value is -2.46. The number of thiophene rings is 1. The number of nitrogens with zero attached hydrogens (tertiary/aromatic N) is 4. The van der Waals surface area contributed by atoms with Gasteiger partial charge in [-0.25, -0.2) is 15.0 Å². The highest BCUT2D eigenvalue weighted by molar-refractivity contribution is 7.98. The van der Waals surface area contributed by atoms with Crippen molar-refractivity contribution in [3.63, 3.8) is 0 Å². The molecule has 1 aliphatic heterocycles. The lowest BCUT2D eigenvalue weighted by molar-refractivity contribution is -0.121. The number of thioether (sulfide) groups is 1. The van der Waals surface area contributed by atoms with E-state index in [1.54, 1.807) is 41.6 Å². The van der Waals surface area contributed by atoms with Crippen LogP contribution in [-0.2, 0) is 23.4 Å². The average Bonchev–Trinajstić information content (AvgIpc) is 3.21. The molecule has 1 atom stereocenters. The third kappa shape index (κ3) is 5.22. The maximum atomic E-state index is 12.6. The molecule has 1 aliphatic carbocycles. The van der Waals surface area contributed by atoms with Gasteiger partial charge in [-0.05, 0) is 50.2 Å². The molecular formula is C23H28N6O2S2. The Labute approximate surface area is 200 Å². The zero-order valence-corrected chi connectivity index (χ0v) is 20.1. The van der Waals surface area contributed by atoms with E-state index in [2.05, 4.69) is 25.2 Å². The first kappa shape index (κ1) is 22.3. The van der Waals surface area contributed by atoms with Crippen LogP contribution in [0.5, 0.6) is 0 Å². The van der Waals surface area contributed by atoms with Crippen molar-refractivity contribution < 1.29 is 4.79 Å². The SMILES string of the molecule is O=C(CCSCc1nc2sc3c(c2c(=O)[nH]1)CCCC3)NC1CCCN(c2ncccn2)C1. The number of hydrogen-bond donors (Lipinski definition) is 2. The van der Waals surface area contributed by atoms with Gasteiger partial charge >= 0.3 is 0 Å². The minimum absolute atomic E-state index is 0.0167. The number of fused-ring (bicyclic) bond motifs is 3. The van der Waals surface area contributed by atoms with Gasteiger partial charge in [-0.1, -0.05) is 0 Å². The molecule has 0 saturated carbocycles. The second kappa shape index (κ2) is 10.2. The van der Waals surface area contributed by atoms with Gasteiger partial charge in [0.2, 0.25) is 11.9 Å². The Balaban J connectivity index is 1.10. The molecule has 3 aromatic heterocycles. The van der Waals surface area contributed by atoms with E-state index >= 15 is 0 Å². The molecule has 10 heteroatoms. The van der Waals surface area contributed by atoms with Crippen LogP contribution in [0.3, 0.4) is 0 Å². The van der Waals surface area contributed by atoms with E-state index in [1.807, 2.05) is 0 Å². The predicted octanol–water partition coefficient (Wildman–Crippen LogP) is 3.06. The van der Waals surface area contributed by atoms with Gasteiger partial charge in [0, 0.05) is 48.6 Å². The number of nitrogens with one attached hydrogen (secondary N) is 2. The molecule has 1 fully saturated rings. The Bertz CT molecular complexity index is 1180. The molecule has 0 bridgehead atoms. The molecule has 0 spiro atoms. The first-order valence-corrected chi connectivity index (χ1v) is 13.6. The van der Waals surface area contributed by atoms with Crippen LogP contribution in [0.15, 0.2) is 23.3 Å². The number of aryl methyl sites for hydroxylation is 2. The normalized spacial score (nSPS) is 18.3. The van der Waals surface area contributed by atoms with Crippen molar-refractivity contribution in [2.75, 3.05) is 23.7 Å². The summed E-state index contributed by atoms with van der Waals surface area (Å²) < 4.78 is 0. The number of hydrogen-bond acceptors (Lipinski definition) is 8. The topological polar surface area (TPSA) is 104 Å². The zero-order chi connectivity index (χ0) is 22.6. The van der Waals surface area contributed by atoms with Gasteiger partial charge in [-0.2, -0.15) is 11.8 Å². The van der Waals surface area contributed by atoms with Crippen LogP contribution in [0.4, 0.5) is 5.95 Å². The van der Waals surface area contributed by atoms with Crippen molar-refractivity contribution in [3.05, 3.63) is 45.1 Å². The Morgan fingerprint density at radius 1 is 1.24 bits per heavy atom. The summed E-state index contributed by atoms with van der Waals surface area (Å²) in [5.41, 5.74) is 1.20. The minimum Gasteiger partial charge on any atom is -0.352 e. The fraction of sp³-hybridized carbons (Fsp3) is 0.522. The van der Waals surface area contributed by atoms with Crippen LogP contribution in [0.1, 0.15) is 48.4 Å². The Morgan fingerprint density at radius 3 is 2.97 bits per heavy atom. The summed E-state index contributed by atoms with van der Waals surface area (Å²) in [6.07, 6.45) is 10.3. The summed E-state index contributed by atoms with van der Waals surface area (Å²) in [4.78, 5) is 45.7. The summed E-state index contributed by atoms with van der Waals surface area (Å²) in [7, 11) is 0. The molecule has 8 nitrogen and oxygen atoms in total. The maximum Gasteiger partial charge on any atom is 0.259 e. The predicted molar refractivity (Wildman–Crippen MR) is 133 cm³/mol. The lowest BCUT2D eigenvalue weighted by Gasteiger charge is -2.33. The van der Waals surface area contributed by atoms with Gasteiger partial charge in [-0.15, -0.1) is 11.3 Å². The highest BCUT2D eigenvalue weighted by Gasteiger charge is 2.23. The van der Waals surface area contributed by atoms with Crippen LogP contribution in [0.2, 0.25) is 0 Å². The molecular weight excluding hydrogens is 456 g/mol. The number of piperidine rings is 1. The van der Waals surface area contributed by atoms with E-state index in [9.17, 15) is 9.59 Å². The lowest BCUT2D eigenvalue weighted by atomic mass is 9.97. The molecule has 1 saturated heterocycles. The standard InChI is InChI=1S/C23H28N6O2S2/c30-19(26-15-5-3-11-29(13-15)23-24-9-4-10-25-23)8-12-32-14-18-27-21(31)20-16-6-1-2-7-17(16)33-22(20)28-18/h4,9-10,15H,1-3,5-8,11-14H2,(H,26,30)(H,27,28,31). The van der Waals surface area contributed by atoms with Gasteiger partial charge in [0.25, 0.3) is 5.56 Å². The monoisotopic (exact) mass is 484 g/mol. The smallest absolute Gasteiger partial charge is 0.259 e. The fourth-order valence-corrected chi connectivity index (χ4v) is 6.73. The molecule has 0 aromatic carbocycles. The average molecular weight is 485 g/mol. The molecule has 1 unspecified atom stereocenters. The van der Waals surface area contributed by atoms with E-state index in [0.717, 1.165) is 61.4 Å². The van der Waals surface area contributed by atoms with Crippen LogP contribution in [0, 0.1) is 0 Å². The van der Waals surface area contributed by atoms with E-state index in [1.165, 1.54) is 16.9 Å². The van der Waals surface area contributed by atoms with Crippen molar-refractivity contribution in [3.8, 4) is 0 Å². The van der Waals surface area contributed by atoms with Gasteiger partial charge in [0.1, 0.15) is 10.7 Å². The number of rotatable bonds is 7. The first-order chi connectivity index (χ1) is 16.2. The lowest BCUT2D eigenvalue weighted by Crippen LogP contribution is -2.48. The van der Waals surface area contributed by atoms with Crippen LogP contribution >= 0.6 is 23.1 Å². The van der Waals surface area contributed by atoms with Gasteiger partial charge in [0.15, 0.2) is 0 Å². The second-order valence-corrected chi connectivity index (χ2v) is 10.8. The van der Waals surface area contributed by atoms with Crippen molar-refractivity contribution in [1.82, 2.24) is 25.3 Å². The van der Waals surface area contributed by atoms with Gasteiger partial charge in [0.05, 0.1) is 11.1 Å². The summed E-state index contributed by atoms with van der Waals surface area (Å²) in [5, 5.41) is 3.95. The molecule has 0 radical (unpaired) electrons. The number of carbonyl (C=O) groups is 1. The summed E-state index contributed by atoms with van der Waals surface area (Å²) in [6.45, 7) is 1.65. The molecule has 2 N–H and O–H groups in total. The van der Waals surface area contributed by atoms with Crippen molar-refractivity contribution in [1.29, 1.82) is 0 Å². The molecule has 2 aliphatic rings. The fourth-order valence-electron chi connectivity index (χ4n) is 4.64. The summed E-state index contributed by atoms with van der Waals surface area (Å²) in [6, 6.07) is 1.92. The molecule has 174 valence electrons. The highest BCUT2D eigenvalue weighted by Crippen LogP contribution is 2.33. The Kier molecular flexibility index (Phi) is 6.91. The zero-order valence-electron chi connectivity index (χ0n) is 18.5. The van der Waals surface area contributed by atoms with Gasteiger partial charge in [-0.3, -0.25) is 9.59 Å². The molecule has 5 rings (SSSR count). The number of aromatic amines is 1. The van der Waals surface area contributed by atoms with E-state index in [0.29, 0.717) is 23.8 Å². The third-order valence-electron chi connectivity index (χ3n) is 6.21. The van der Waals surface area contributed by atoms with E-state index in [4.69, 9.17) is 4.98 Å². The van der Waals surface area contributed by atoms with Crippen LogP contribution in [0.25, 0.3) is 10.2 Å². The summed E-state index contributed by atoms with van der Waals surface area (Å²) >= 11 is 3.30. The largest absolute Gasteiger partial charge is 0.352 e. The number of H-pyrrole nitrogens is 1. The molecule has 3 aromatic rings. The number of amides is 1. The summed E-state index contributed by atoms with van der Waals surface area (Å²) in [5.74, 6) is 2.77. The van der Waals surface area contributed by atoms with Crippen molar-refractivity contribution >= 4 is 45.2 Å². The van der Waals surface area contributed by atoms with Crippen LogP contribution in [-0.4, -0.2) is 50.7 Å². The third-order valence-corrected chi connectivity index (χ3v) is 8.36. The second-order valence-electron chi connectivity index (χ2n) is 8.61. The van der Waals surface area contributed by atoms with Crippen LogP contribution < -0.4 is 15.8 Å². The molecule has 33 heavy (non-hydrogen) atoms. The van der Waals surface area contributed by atoms with E-state index < -0.39 is 0 Å². The quantitative estimate of drug-likeness (QED) is 0.497. The Morgan fingerprint density at radius 2 is 2.09 bits per heavy atom. The number of aromatic nitrogens is 4. The number of carbonyl (C=O) groups excluding carboxylic acids is 1. The van der Waals surface area contributed by atoms with Crippen molar-refractivity contribution in [2.45, 2.75) is 56.7 Å². The van der Waals surface area contributed by atoms with Gasteiger partial charge < -0.3 is 15.2 Å². The molecule has 4 heterocycles. The van der Waals surface area contributed by atoms with E-state index in [-0.39, 0.29) is 17.5 Å². The highest BCUT2D eigenvalue weighted by atomic mass is 32.2. The molecule has 1 amide bonds. The van der Waals surface area contributed by atoms with Crippen molar-refractivity contribution in [2.24, 2.45) is 0 Å². The number of anilines is 1.